The lowest BCUT2D eigenvalue weighted by atomic mass is 9.97. The number of hydrogen-bond acceptors (Lipinski definition) is 6. The number of carboxylic acids is 1. The van der Waals surface area contributed by atoms with Gasteiger partial charge in [0.1, 0.15) is 18.1 Å². The van der Waals surface area contributed by atoms with Gasteiger partial charge in [-0.25, -0.2) is 0 Å². The Morgan fingerprint density at radius 1 is 1.12 bits per heavy atom. The van der Waals surface area contributed by atoms with E-state index < -0.39 is 5.97 Å². The lowest BCUT2D eigenvalue weighted by Gasteiger charge is -2.25. The number of carboxylic acid groups (broad SMARTS) is 1. The Morgan fingerprint density at radius 2 is 1.97 bits per heavy atom. The molecule has 0 fully saturated rings. The van der Waals surface area contributed by atoms with Gasteiger partial charge in [0, 0.05) is 41.0 Å². The maximum Gasteiger partial charge on any atom is 0.304 e. The van der Waals surface area contributed by atoms with Crippen LogP contribution in [0.2, 0.25) is 0 Å². The molecule has 2 heterocycles. The number of carbonyl (C=O) groups is 1. The van der Waals surface area contributed by atoms with Gasteiger partial charge in [-0.15, -0.1) is 0 Å². The molecule has 2 aliphatic heterocycles. The van der Waals surface area contributed by atoms with Crippen molar-refractivity contribution < 1.29 is 19.4 Å². The van der Waals surface area contributed by atoms with Crippen LogP contribution in [0, 0.1) is 11.3 Å². The number of fused-ring (bicyclic) bond motifs is 2. The van der Waals surface area contributed by atoms with E-state index in [0.29, 0.717) is 18.8 Å². The number of nitriles is 1. The van der Waals surface area contributed by atoms with Crippen LogP contribution in [0.1, 0.15) is 42.0 Å². The zero-order chi connectivity index (χ0) is 23.7. The van der Waals surface area contributed by atoms with Gasteiger partial charge in [0.2, 0.25) is 0 Å². The second kappa shape index (κ2) is 8.99. The van der Waals surface area contributed by atoms with Crippen molar-refractivity contribution in [1.29, 1.82) is 5.26 Å². The zero-order valence-corrected chi connectivity index (χ0v) is 18.8. The quantitative estimate of drug-likeness (QED) is 0.505. The molecule has 7 nitrogen and oxygen atoms in total. The molecular formula is C27H25N3O4. The molecule has 0 spiro atoms. The first-order chi connectivity index (χ1) is 16.6. The predicted molar refractivity (Wildman–Crippen MR) is 129 cm³/mol. The third-order valence-corrected chi connectivity index (χ3v) is 6.34. The van der Waals surface area contributed by atoms with Crippen LogP contribution in [0.25, 0.3) is 0 Å². The highest BCUT2D eigenvalue weighted by Gasteiger charge is 2.30. The number of ether oxygens (including phenoxy) is 2. The zero-order valence-electron chi connectivity index (χ0n) is 18.8. The molecule has 34 heavy (non-hydrogen) atoms. The molecule has 3 aromatic carbocycles. The Morgan fingerprint density at radius 3 is 2.76 bits per heavy atom. The molecule has 0 amide bonds. The SMILES string of the molecule is CCN(c1cccc(C#N)c1)c1cccc2c1OCC2Nc1ccc2c(c1)OC[C@H]2CC(=O)O. The normalized spacial score (nSPS) is 17.6. The second-order valence-corrected chi connectivity index (χ2v) is 8.47. The largest absolute Gasteiger partial charge is 0.493 e. The van der Waals surface area contributed by atoms with Crippen LogP contribution in [-0.4, -0.2) is 30.8 Å². The number of nitrogens with one attached hydrogen (secondary N) is 1. The van der Waals surface area contributed by atoms with Gasteiger partial charge in [-0.05, 0) is 37.3 Å². The highest BCUT2D eigenvalue weighted by molar-refractivity contribution is 5.73. The Bertz CT molecular complexity index is 1280. The Labute approximate surface area is 198 Å². The van der Waals surface area contributed by atoms with Crippen molar-refractivity contribution in [2.45, 2.75) is 25.3 Å². The minimum absolute atomic E-state index is 0.0339. The van der Waals surface area contributed by atoms with Crippen molar-refractivity contribution in [3.05, 3.63) is 77.4 Å². The molecule has 0 saturated heterocycles. The van der Waals surface area contributed by atoms with E-state index in [4.69, 9.17) is 14.6 Å². The predicted octanol–water partition coefficient (Wildman–Crippen LogP) is 5.21. The minimum atomic E-state index is -0.820. The molecule has 1 unspecified atom stereocenters. The van der Waals surface area contributed by atoms with E-state index in [0.717, 1.165) is 46.2 Å². The van der Waals surface area contributed by atoms with Crippen LogP contribution >= 0.6 is 0 Å². The van der Waals surface area contributed by atoms with Gasteiger partial charge in [-0.1, -0.05) is 24.3 Å². The number of rotatable bonds is 7. The average Bonchev–Trinajstić information content (AvgIpc) is 3.44. The van der Waals surface area contributed by atoms with Crippen molar-refractivity contribution in [2.75, 3.05) is 30.0 Å². The van der Waals surface area contributed by atoms with Crippen LogP contribution in [0.5, 0.6) is 11.5 Å². The van der Waals surface area contributed by atoms with E-state index in [1.54, 1.807) is 6.07 Å². The standard InChI is InChI=1S/C27H25N3O4/c1-2-30(20-6-3-5-17(11-20)14-28)24-8-4-7-22-23(16-34-27(22)24)29-19-9-10-21-18(12-26(31)32)15-33-25(21)13-19/h3-11,13,18,23,29H,2,12,15-16H2,1H3,(H,31,32)/t18-,23?/m1/s1. The Balaban J connectivity index is 1.39. The highest BCUT2D eigenvalue weighted by Crippen LogP contribution is 2.44. The van der Waals surface area contributed by atoms with E-state index in [2.05, 4.69) is 29.3 Å². The average molecular weight is 456 g/mol. The lowest BCUT2D eigenvalue weighted by Crippen LogP contribution is -2.16. The smallest absolute Gasteiger partial charge is 0.304 e. The maximum absolute atomic E-state index is 11.1. The summed E-state index contributed by atoms with van der Waals surface area (Å²) in [6.07, 6.45) is 0.0671. The minimum Gasteiger partial charge on any atom is -0.493 e. The molecule has 0 saturated carbocycles. The molecule has 3 aromatic rings. The van der Waals surface area contributed by atoms with E-state index in [1.165, 1.54) is 0 Å². The molecular weight excluding hydrogens is 430 g/mol. The molecule has 2 aliphatic rings. The van der Waals surface area contributed by atoms with Crippen molar-refractivity contribution in [1.82, 2.24) is 0 Å². The van der Waals surface area contributed by atoms with Crippen LogP contribution in [0.15, 0.2) is 60.7 Å². The van der Waals surface area contributed by atoms with Crippen LogP contribution in [-0.2, 0) is 4.79 Å². The summed E-state index contributed by atoms with van der Waals surface area (Å²) in [5, 5.41) is 21.9. The molecule has 0 bridgehead atoms. The van der Waals surface area contributed by atoms with Crippen LogP contribution in [0.3, 0.4) is 0 Å². The molecule has 2 atom stereocenters. The molecule has 7 heteroatoms. The Kier molecular flexibility index (Phi) is 5.72. The van der Waals surface area contributed by atoms with Gasteiger partial charge in [0.05, 0.1) is 36.4 Å². The number of aliphatic carboxylic acids is 1. The molecule has 0 aromatic heterocycles. The molecule has 0 aliphatic carbocycles. The molecule has 172 valence electrons. The number of nitrogens with zero attached hydrogens (tertiary/aromatic N) is 2. The van der Waals surface area contributed by atoms with E-state index in [1.807, 2.05) is 48.5 Å². The highest BCUT2D eigenvalue weighted by atomic mass is 16.5. The van der Waals surface area contributed by atoms with Crippen LogP contribution in [0.4, 0.5) is 17.1 Å². The number of anilines is 3. The first kappa shape index (κ1) is 21.7. The fourth-order valence-corrected chi connectivity index (χ4v) is 4.75. The van der Waals surface area contributed by atoms with Crippen molar-refractivity contribution in [3.8, 4) is 17.6 Å². The van der Waals surface area contributed by atoms with E-state index >= 15 is 0 Å². The van der Waals surface area contributed by atoms with Crippen molar-refractivity contribution in [2.24, 2.45) is 0 Å². The first-order valence-electron chi connectivity index (χ1n) is 11.4. The van der Waals surface area contributed by atoms with E-state index in [-0.39, 0.29) is 18.4 Å². The van der Waals surface area contributed by atoms with E-state index in [9.17, 15) is 10.1 Å². The summed E-state index contributed by atoms with van der Waals surface area (Å²) in [4.78, 5) is 13.2. The molecule has 5 rings (SSSR count). The summed E-state index contributed by atoms with van der Waals surface area (Å²) in [6.45, 7) is 3.68. The summed E-state index contributed by atoms with van der Waals surface area (Å²) < 4.78 is 11.9. The summed E-state index contributed by atoms with van der Waals surface area (Å²) in [7, 11) is 0. The van der Waals surface area contributed by atoms with Gasteiger partial charge in [-0.2, -0.15) is 5.26 Å². The summed E-state index contributed by atoms with van der Waals surface area (Å²) in [5.41, 5.74) is 5.44. The number of para-hydroxylation sites is 1. The Hall–Kier alpha value is -4.18. The molecule has 0 radical (unpaired) electrons. The first-order valence-corrected chi connectivity index (χ1v) is 11.4. The van der Waals surface area contributed by atoms with Gasteiger partial charge in [-0.3, -0.25) is 4.79 Å². The third kappa shape index (κ3) is 3.99. The fraction of sp³-hybridized carbons (Fsp3) is 0.259. The third-order valence-electron chi connectivity index (χ3n) is 6.34. The topological polar surface area (TPSA) is 94.8 Å². The van der Waals surface area contributed by atoms with Crippen molar-refractivity contribution >= 4 is 23.0 Å². The van der Waals surface area contributed by atoms with Crippen LogP contribution < -0.4 is 19.7 Å². The number of benzene rings is 3. The maximum atomic E-state index is 11.1. The fourth-order valence-electron chi connectivity index (χ4n) is 4.75. The van der Waals surface area contributed by atoms with Gasteiger partial charge >= 0.3 is 5.97 Å². The van der Waals surface area contributed by atoms with Gasteiger partial charge in [0.15, 0.2) is 0 Å². The summed E-state index contributed by atoms with van der Waals surface area (Å²) >= 11 is 0. The van der Waals surface area contributed by atoms with Crippen molar-refractivity contribution in [3.63, 3.8) is 0 Å². The summed E-state index contributed by atoms with van der Waals surface area (Å²) in [6, 6.07) is 21.7. The lowest BCUT2D eigenvalue weighted by molar-refractivity contribution is -0.137. The second-order valence-electron chi connectivity index (χ2n) is 8.47. The van der Waals surface area contributed by atoms with Gasteiger partial charge in [0.25, 0.3) is 0 Å². The number of hydrogen-bond donors (Lipinski definition) is 2. The summed E-state index contributed by atoms with van der Waals surface area (Å²) in [5.74, 6) is 0.640. The van der Waals surface area contributed by atoms with Gasteiger partial charge < -0.3 is 24.8 Å². The molecule has 2 N–H and O–H groups in total. The monoisotopic (exact) mass is 455 g/mol.